The van der Waals surface area contributed by atoms with E-state index >= 15 is 0 Å². The molecule has 6 aliphatic rings. The summed E-state index contributed by atoms with van der Waals surface area (Å²) in [5.41, 5.74) is 0.521. The number of aryl methyl sites for hydroxylation is 1. The minimum absolute atomic E-state index is 0.00676. The van der Waals surface area contributed by atoms with Crippen LogP contribution in [0.3, 0.4) is 0 Å². The Kier molecular flexibility index (Phi) is 9.27. The number of aromatic nitrogens is 2. The smallest absolute Gasteiger partial charge is 0.309 e. The number of nitrogens with zero attached hydrogens (tertiary/aromatic N) is 2. The number of aliphatic hydroxyl groups excluding tert-OH is 1. The standard InChI is InChI=1S/C44H65N3O7/c1-24(2)33-28(48)22-44(31(49)23-46-36(50)35-45-19-20-47(35)10)18-17-42(8)25(34(33)44)11-12-30-41(7)15-14-32(40(5,6)29(41)13-16-43(30,42)9)54-38(53)27-21-26(37(51)52)39(27,3)4/h19-20,24-27,29-32,49H,11-18,21-23H2,1-10H3,(H,46,50)(H,51,52)/t25-,26+,27-,29+,30-,31+,32+,41+,42-,43-,44+/m1/s1. The van der Waals surface area contributed by atoms with E-state index in [9.17, 15) is 29.4 Å². The largest absolute Gasteiger partial charge is 0.481 e. The van der Waals surface area contributed by atoms with E-state index in [4.69, 9.17) is 4.74 Å². The zero-order chi connectivity index (χ0) is 39.6. The van der Waals surface area contributed by atoms with Gasteiger partial charge in [-0.3, -0.25) is 19.2 Å². The van der Waals surface area contributed by atoms with Gasteiger partial charge in [-0.2, -0.15) is 0 Å². The fourth-order valence-corrected chi connectivity index (χ4v) is 14.3. The van der Waals surface area contributed by atoms with Crippen LogP contribution >= 0.6 is 0 Å². The molecule has 5 fully saturated rings. The number of aliphatic carboxylic acids is 1. The van der Waals surface area contributed by atoms with Gasteiger partial charge in [-0.1, -0.05) is 67.9 Å². The topological polar surface area (TPSA) is 148 Å². The van der Waals surface area contributed by atoms with Crippen molar-refractivity contribution >= 4 is 23.6 Å². The number of nitrogens with one attached hydrogen (secondary N) is 1. The molecule has 1 amide bonds. The van der Waals surface area contributed by atoms with Crippen LogP contribution in [0.2, 0.25) is 0 Å². The summed E-state index contributed by atoms with van der Waals surface area (Å²) in [6.07, 6.45) is 10.3. The van der Waals surface area contributed by atoms with Crippen molar-refractivity contribution in [2.24, 2.45) is 75.0 Å². The van der Waals surface area contributed by atoms with Crippen LogP contribution < -0.4 is 5.32 Å². The maximum atomic E-state index is 14.0. The van der Waals surface area contributed by atoms with Gasteiger partial charge in [0.05, 0.1) is 17.9 Å². The number of amides is 1. The first-order chi connectivity index (χ1) is 25.1. The molecule has 0 spiro atoms. The number of esters is 1. The summed E-state index contributed by atoms with van der Waals surface area (Å²) in [6.45, 7) is 20.2. The van der Waals surface area contributed by atoms with Crippen LogP contribution in [0.1, 0.15) is 137 Å². The van der Waals surface area contributed by atoms with Crippen molar-refractivity contribution in [3.8, 4) is 0 Å². The van der Waals surface area contributed by atoms with Crippen LogP contribution in [0, 0.1) is 68.0 Å². The summed E-state index contributed by atoms with van der Waals surface area (Å²) in [6, 6.07) is 0. The molecule has 1 aromatic rings. The second kappa shape index (κ2) is 12.8. The van der Waals surface area contributed by atoms with Crippen LogP contribution in [0.5, 0.6) is 0 Å². The molecule has 6 aliphatic carbocycles. The number of carboxylic acids is 1. The Labute approximate surface area is 321 Å². The Morgan fingerprint density at radius 2 is 1.63 bits per heavy atom. The lowest BCUT2D eigenvalue weighted by molar-refractivity contribution is -0.238. The van der Waals surface area contributed by atoms with Gasteiger partial charge in [0.15, 0.2) is 11.6 Å². The SMILES string of the molecule is CC(C)C1=C2[C@H]3CC[C@@H]4[C@@]5(C)CC[C@H](OC(=O)[C@H]6C[C@@H](C(=O)O)C6(C)C)C(C)(C)[C@@H]5CC[C@@]4(C)[C@]3(C)CC[C@@]2([C@@H](O)CNC(=O)c2nccn2C)CC1=O. The van der Waals surface area contributed by atoms with Gasteiger partial charge in [0.25, 0.3) is 5.91 Å². The number of allylic oxidation sites excluding steroid dienone is 1. The number of carbonyl (C=O) groups excluding carboxylic acids is 3. The quantitative estimate of drug-likeness (QED) is 0.238. The molecule has 7 rings (SSSR count). The molecule has 0 saturated heterocycles. The van der Waals surface area contributed by atoms with Crippen molar-refractivity contribution in [3.05, 3.63) is 29.4 Å². The summed E-state index contributed by atoms with van der Waals surface area (Å²) in [7, 11) is 1.77. The molecule has 0 bridgehead atoms. The Morgan fingerprint density at radius 3 is 2.24 bits per heavy atom. The molecule has 298 valence electrons. The van der Waals surface area contributed by atoms with E-state index in [0.717, 1.165) is 50.5 Å². The Bertz CT molecular complexity index is 1780. The van der Waals surface area contributed by atoms with Gasteiger partial charge in [-0.25, -0.2) is 4.98 Å². The van der Waals surface area contributed by atoms with Gasteiger partial charge in [-0.15, -0.1) is 0 Å². The normalized spacial score (nSPS) is 41.1. The van der Waals surface area contributed by atoms with Crippen LogP contribution in [-0.2, 0) is 26.2 Å². The molecule has 1 heterocycles. The predicted octanol–water partition coefficient (Wildman–Crippen LogP) is 7.15. The van der Waals surface area contributed by atoms with Gasteiger partial charge >= 0.3 is 11.9 Å². The van der Waals surface area contributed by atoms with E-state index < -0.39 is 34.7 Å². The molecular weight excluding hydrogens is 682 g/mol. The van der Waals surface area contributed by atoms with E-state index in [-0.39, 0.29) is 63.8 Å². The number of Topliss-reactive ketones (excluding diaryl/α,β-unsaturated/α-hetero) is 1. The van der Waals surface area contributed by atoms with Gasteiger partial charge < -0.3 is 24.8 Å². The van der Waals surface area contributed by atoms with Gasteiger partial charge in [0.2, 0.25) is 0 Å². The van der Waals surface area contributed by atoms with Crippen molar-refractivity contribution < 1.29 is 34.1 Å². The first-order valence-electron chi connectivity index (χ1n) is 20.7. The summed E-state index contributed by atoms with van der Waals surface area (Å²) < 4.78 is 8.06. The highest BCUT2D eigenvalue weighted by atomic mass is 16.5. The van der Waals surface area contributed by atoms with Crippen molar-refractivity contribution in [3.63, 3.8) is 0 Å². The Hall–Kier alpha value is -3.01. The lowest BCUT2D eigenvalue weighted by Gasteiger charge is -2.72. The zero-order valence-electron chi connectivity index (χ0n) is 34.4. The highest BCUT2D eigenvalue weighted by Crippen LogP contribution is 2.77. The van der Waals surface area contributed by atoms with Crippen molar-refractivity contribution in [1.29, 1.82) is 0 Å². The third-order valence-electron chi connectivity index (χ3n) is 17.7. The third kappa shape index (κ3) is 5.29. The molecule has 11 atom stereocenters. The molecule has 0 radical (unpaired) electrons. The molecule has 0 aromatic carbocycles. The minimum atomic E-state index is -0.889. The summed E-state index contributed by atoms with van der Waals surface area (Å²) in [4.78, 5) is 56.6. The monoisotopic (exact) mass is 747 g/mol. The number of rotatable bonds is 8. The maximum absolute atomic E-state index is 14.0. The number of aliphatic hydroxyl groups is 1. The summed E-state index contributed by atoms with van der Waals surface area (Å²) >= 11 is 0. The minimum Gasteiger partial charge on any atom is -0.481 e. The number of ketones is 1. The van der Waals surface area contributed by atoms with Gasteiger partial charge in [0, 0.05) is 43.2 Å². The number of imidazole rings is 1. The number of ether oxygens (including phenoxy) is 1. The average Bonchev–Trinajstić information content (AvgIpc) is 3.65. The molecule has 54 heavy (non-hydrogen) atoms. The molecule has 5 saturated carbocycles. The molecular formula is C44H65N3O7. The molecule has 0 aliphatic heterocycles. The van der Waals surface area contributed by atoms with E-state index in [2.05, 4.69) is 58.8 Å². The van der Waals surface area contributed by atoms with Crippen molar-refractivity contribution in [2.75, 3.05) is 6.54 Å². The van der Waals surface area contributed by atoms with E-state index in [0.29, 0.717) is 36.9 Å². The highest BCUT2D eigenvalue weighted by Gasteiger charge is 2.71. The van der Waals surface area contributed by atoms with Crippen LogP contribution in [-0.4, -0.2) is 62.1 Å². The number of hydrogen-bond donors (Lipinski definition) is 3. The van der Waals surface area contributed by atoms with Gasteiger partial charge in [0.1, 0.15) is 6.10 Å². The number of carbonyl (C=O) groups is 4. The first-order valence-corrected chi connectivity index (χ1v) is 20.7. The molecule has 0 unspecified atom stereocenters. The lowest BCUT2D eigenvalue weighted by Crippen LogP contribution is -2.66. The van der Waals surface area contributed by atoms with E-state index in [1.807, 2.05) is 13.8 Å². The average molecular weight is 748 g/mol. The fourth-order valence-electron chi connectivity index (χ4n) is 14.3. The van der Waals surface area contributed by atoms with Crippen LogP contribution in [0.15, 0.2) is 23.5 Å². The van der Waals surface area contributed by atoms with Crippen molar-refractivity contribution in [1.82, 2.24) is 14.9 Å². The fraction of sp³-hybridized carbons (Fsp3) is 0.795. The maximum Gasteiger partial charge on any atom is 0.309 e. The predicted molar refractivity (Wildman–Crippen MR) is 204 cm³/mol. The second-order valence-corrected chi connectivity index (χ2v) is 20.7. The van der Waals surface area contributed by atoms with Crippen LogP contribution in [0.25, 0.3) is 0 Å². The first kappa shape index (κ1) is 39.2. The highest BCUT2D eigenvalue weighted by molar-refractivity contribution is 6.01. The third-order valence-corrected chi connectivity index (χ3v) is 17.7. The summed E-state index contributed by atoms with van der Waals surface area (Å²) in [5.74, 6) is -0.851. The molecule has 10 heteroatoms. The number of fused-ring (bicyclic) bond motifs is 7. The van der Waals surface area contributed by atoms with E-state index in [1.165, 1.54) is 5.57 Å². The Balaban J connectivity index is 1.14. The lowest BCUT2D eigenvalue weighted by atomic mass is 9.33. The molecule has 1 aromatic heterocycles. The van der Waals surface area contributed by atoms with Crippen molar-refractivity contribution in [2.45, 2.75) is 139 Å². The van der Waals surface area contributed by atoms with Gasteiger partial charge in [-0.05, 0) is 109 Å². The molecule has 10 nitrogen and oxygen atoms in total. The van der Waals surface area contributed by atoms with E-state index in [1.54, 1.807) is 24.0 Å². The zero-order valence-corrected chi connectivity index (χ0v) is 34.4. The summed E-state index contributed by atoms with van der Waals surface area (Å²) in [5, 5.41) is 24.7. The molecule has 3 N–H and O–H groups in total. The second-order valence-electron chi connectivity index (χ2n) is 20.7. The number of carboxylic acid groups (broad SMARTS) is 1. The van der Waals surface area contributed by atoms with Crippen LogP contribution in [0.4, 0.5) is 0 Å². The number of hydrogen-bond acceptors (Lipinski definition) is 7. The Morgan fingerprint density at radius 1 is 0.926 bits per heavy atom.